The summed E-state index contributed by atoms with van der Waals surface area (Å²) in [7, 11) is -6.09. The van der Waals surface area contributed by atoms with Crippen molar-refractivity contribution in [2.24, 2.45) is 11.3 Å². The Balaban J connectivity index is 0.000000416. The van der Waals surface area contributed by atoms with E-state index in [0.717, 1.165) is 10.2 Å². The SMILES string of the molecule is CS[P+](C)(c1ccccc1)C1SCC(C(C)(C)C)CS1.O=S(=O)([O-])C(F)(F)F. The van der Waals surface area contributed by atoms with Crippen LogP contribution in [-0.2, 0) is 10.1 Å². The van der Waals surface area contributed by atoms with Crippen LogP contribution in [0.5, 0.6) is 0 Å². The minimum absolute atomic E-state index is 0.450. The fourth-order valence-corrected chi connectivity index (χ4v) is 14.4. The normalized spacial score (nSPS) is 23.3. The van der Waals surface area contributed by atoms with Crippen LogP contribution < -0.4 is 5.30 Å². The van der Waals surface area contributed by atoms with Crippen LogP contribution in [0.25, 0.3) is 0 Å². The molecule has 3 nitrogen and oxygen atoms in total. The van der Waals surface area contributed by atoms with Gasteiger partial charge in [0.25, 0.3) is 0 Å². The molecule has 1 unspecified atom stereocenters. The van der Waals surface area contributed by atoms with Gasteiger partial charge < -0.3 is 4.55 Å². The van der Waals surface area contributed by atoms with Crippen LogP contribution in [0.15, 0.2) is 30.3 Å². The zero-order valence-corrected chi connectivity index (χ0v) is 20.6. The average molecular weight is 495 g/mol. The number of thioether (sulfide) groups is 2. The van der Waals surface area contributed by atoms with E-state index in [0.29, 0.717) is 5.41 Å². The Morgan fingerprint density at radius 1 is 1.11 bits per heavy atom. The van der Waals surface area contributed by atoms with Crippen LogP contribution in [0.2, 0.25) is 0 Å². The van der Waals surface area contributed by atoms with Gasteiger partial charge in [-0.1, -0.05) is 39.0 Å². The summed E-state index contributed by atoms with van der Waals surface area (Å²) in [6, 6.07) is 11.2. The van der Waals surface area contributed by atoms with E-state index in [-0.39, 0.29) is 0 Å². The van der Waals surface area contributed by atoms with Gasteiger partial charge in [0.05, 0.1) is 6.66 Å². The standard InChI is InChI=1S/C16H26PS3.CHF3O3S/c1-16(2,3)13-11-19-15(20-12-13)17(4,18-5)14-9-7-6-8-10-14;2-1(3,4)8(5,6)7/h6-10,13,15H,11-12H2,1-5H3;(H,5,6,7)/q+1;/p-1. The molecular formula is C17H26F3O3PS4. The van der Waals surface area contributed by atoms with Gasteiger partial charge in [-0.05, 0) is 23.5 Å². The first-order valence-corrected chi connectivity index (χ1v) is 16.0. The number of rotatable bonds is 3. The Morgan fingerprint density at radius 2 is 1.54 bits per heavy atom. The molecule has 1 aromatic rings. The largest absolute Gasteiger partial charge is 0.741 e. The van der Waals surface area contributed by atoms with E-state index in [2.05, 4.69) is 98.9 Å². The smallest absolute Gasteiger partial charge is 0.485 e. The van der Waals surface area contributed by atoms with Gasteiger partial charge in [0, 0.05) is 29.1 Å². The summed E-state index contributed by atoms with van der Waals surface area (Å²) < 4.78 is 59.7. The molecule has 1 saturated heterocycles. The highest BCUT2D eigenvalue weighted by atomic mass is 32.7. The number of hydrogen-bond acceptors (Lipinski definition) is 6. The van der Waals surface area contributed by atoms with E-state index in [1.807, 2.05) is 0 Å². The molecule has 0 spiro atoms. The predicted molar refractivity (Wildman–Crippen MR) is 120 cm³/mol. The Hall–Kier alpha value is 0.400. The van der Waals surface area contributed by atoms with Crippen LogP contribution >= 0.6 is 41.4 Å². The lowest BCUT2D eigenvalue weighted by molar-refractivity contribution is -0.0517. The molecule has 1 aromatic carbocycles. The molecule has 0 bridgehead atoms. The third-order valence-electron chi connectivity index (χ3n) is 4.44. The van der Waals surface area contributed by atoms with Gasteiger partial charge in [-0.25, -0.2) is 8.42 Å². The highest BCUT2D eigenvalue weighted by Crippen LogP contribution is 2.75. The molecule has 0 amide bonds. The lowest BCUT2D eigenvalue weighted by Gasteiger charge is -2.38. The van der Waals surface area contributed by atoms with Crippen molar-refractivity contribution in [2.45, 2.75) is 30.6 Å². The number of hydrogen-bond donors (Lipinski definition) is 0. The maximum atomic E-state index is 10.7. The summed E-state index contributed by atoms with van der Waals surface area (Å²) in [5.74, 6) is 3.49. The molecule has 1 aliphatic rings. The molecule has 11 heteroatoms. The second-order valence-electron chi connectivity index (χ2n) is 7.44. The topological polar surface area (TPSA) is 57.2 Å². The molecule has 1 fully saturated rings. The van der Waals surface area contributed by atoms with Gasteiger partial charge in [-0.3, -0.25) is 0 Å². The second-order valence-corrected chi connectivity index (χ2v) is 18.8. The number of halogens is 3. The van der Waals surface area contributed by atoms with Crippen molar-refractivity contribution in [3.8, 4) is 0 Å². The fraction of sp³-hybridized carbons (Fsp3) is 0.647. The fourth-order valence-electron chi connectivity index (χ4n) is 2.31. The monoisotopic (exact) mass is 494 g/mol. The summed E-state index contributed by atoms with van der Waals surface area (Å²) in [4.78, 5) is 0. The van der Waals surface area contributed by atoms with Gasteiger partial charge in [-0.15, -0.1) is 23.5 Å². The van der Waals surface area contributed by atoms with E-state index in [1.54, 1.807) is 5.30 Å². The third kappa shape index (κ3) is 7.27. The molecular weight excluding hydrogens is 468 g/mol. The minimum Gasteiger partial charge on any atom is -0.741 e. The molecule has 0 radical (unpaired) electrons. The lowest BCUT2D eigenvalue weighted by Crippen LogP contribution is -2.31. The first kappa shape index (κ1) is 26.4. The summed E-state index contributed by atoms with van der Waals surface area (Å²) >= 11 is 6.54. The molecule has 28 heavy (non-hydrogen) atoms. The molecule has 0 aliphatic carbocycles. The van der Waals surface area contributed by atoms with Crippen molar-refractivity contribution in [1.29, 1.82) is 0 Å². The van der Waals surface area contributed by atoms with Crippen molar-refractivity contribution in [3.05, 3.63) is 30.3 Å². The van der Waals surface area contributed by atoms with E-state index in [4.69, 9.17) is 13.0 Å². The van der Waals surface area contributed by atoms with Crippen LogP contribution in [-0.4, -0.2) is 47.2 Å². The van der Waals surface area contributed by atoms with E-state index in [1.165, 1.54) is 11.5 Å². The summed E-state index contributed by atoms with van der Waals surface area (Å²) in [6.07, 6.45) is 2.30. The first-order chi connectivity index (χ1) is 12.6. The molecule has 162 valence electrons. The van der Waals surface area contributed by atoms with Crippen molar-refractivity contribution in [1.82, 2.24) is 0 Å². The maximum Gasteiger partial charge on any atom is 0.485 e. The minimum atomic E-state index is -6.09. The molecule has 0 aromatic heterocycles. The highest BCUT2D eigenvalue weighted by molar-refractivity contribution is 8.68. The van der Waals surface area contributed by atoms with Gasteiger partial charge in [-0.2, -0.15) is 13.2 Å². The van der Waals surface area contributed by atoms with Crippen molar-refractivity contribution in [2.75, 3.05) is 24.4 Å². The third-order valence-corrected chi connectivity index (χ3v) is 18.2. The quantitative estimate of drug-likeness (QED) is 0.305. The van der Waals surface area contributed by atoms with Crippen LogP contribution in [0.4, 0.5) is 13.2 Å². The molecule has 2 rings (SSSR count). The zero-order chi connectivity index (χ0) is 21.8. The number of alkyl halides is 3. The second kappa shape index (κ2) is 10.1. The van der Waals surface area contributed by atoms with Crippen molar-refractivity contribution >= 4 is 56.8 Å². The van der Waals surface area contributed by atoms with Crippen molar-refractivity contribution in [3.63, 3.8) is 0 Å². The maximum absolute atomic E-state index is 10.7. The Kier molecular flexibility index (Phi) is 9.57. The zero-order valence-electron chi connectivity index (χ0n) is 16.4. The summed E-state index contributed by atoms with van der Waals surface area (Å²) in [6.45, 7) is 8.57. The molecule has 0 N–H and O–H groups in total. The van der Waals surface area contributed by atoms with Gasteiger partial charge >= 0.3 is 5.51 Å². The Labute approximate surface area is 179 Å². The average Bonchev–Trinajstić information content (AvgIpc) is 2.60. The van der Waals surface area contributed by atoms with E-state index >= 15 is 0 Å². The molecule has 0 saturated carbocycles. The van der Waals surface area contributed by atoms with Gasteiger partial charge in [0.1, 0.15) is 11.8 Å². The van der Waals surface area contributed by atoms with Crippen LogP contribution in [0.1, 0.15) is 20.8 Å². The van der Waals surface area contributed by atoms with E-state index < -0.39 is 22.1 Å². The molecule has 1 aliphatic heterocycles. The Bertz CT molecular complexity index is 715. The molecule has 1 atom stereocenters. The van der Waals surface area contributed by atoms with Gasteiger partial charge in [0.15, 0.2) is 14.4 Å². The van der Waals surface area contributed by atoms with Crippen molar-refractivity contribution < 1.29 is 26.1 Å². The first-order valence-electron chi connectivity index (χ1n) is 8.36. The number of benzene rings is 1. The van der Waals surface area contributed by atoms with Crippen LogP contribution in [0.3, 0.4) is 0 Å². The van der Waals surface area contributed by atoms with Crippen LogP contribution in [0, 0.1) is 11.3 Å². The molecule has 1 heterocycles. The van der Waals surface area contributed by atoms with E-state index in [9.17, 15) is 13.2 Å². The van der Waals surface area contributed by atoms with Gasteiger partial charge in [0.2, 0.25) is 0 Å². The lowest BCUT2D eigenvalue weighted by atomic mass is 9.83. The predicted octanol–water partition coefficient (Wildman–Crippen LogP) is 5.71. The summed E-state index contributed by atoms with van der Waals surface area (Å²) in [5, 5.41) is 1.58. The summed E-state index contributed by atoms with van der Waals surface area (Å²) in [5.41, 5.74) is -5.20. The Morgan fingerprint density at radius 3 is 1.86 bits per heavy atom. The highest BCUT2D eigenvalue weighted by Gasteiger charge is 2.47.